The summed E-state index contributed by atoms with van der Waals surface area (Å²) in [4.78, 5) is 10.9. The summed E-state index contributed by atoms with van der Waals surface area (Å²) in [7, 11) is -2.39. The molecule has 0 amide bonds. The molecule has 114 valence electrons. The Bertz CT molecular complexity index is 786. The third kappa shape index (κ3) is 3.63. The molecule has 2 rings (SSSR count). The lowest BCUT2D eigenvalue weighted by Gasteiger charge is -2.14. The van der Waals surface area contributed by atoms with E-state index in [0.29, 0.717) is 11.3 Å². The highest BCUT2D eigenvalue weighted by Gasteiger charge is 2.28. The maximum Gasteiger partial charge on any atom is 0.300 e. The smallest absolute Gasteiger partial charge is 0.258 e. The van der Waals surface area contributed by atoms with Gasteiger partial charge in [0.1, 0.15) is 4.21 Å². The lowest BCUT2D eigenvalue weighted by molar-refractivity contribution is -0.384. The first-order valence-corrected chi connectivity index (χ1v) is 9.65. The maximum absolute atomic E-state index is 12.4. The van der Waals surface area contributed by atoms with Crippen LogP contribution in [0.2, 0.25) is 4.34 Å². The predicted molar refractivity (Wildman–Crippen MR) is 86.7 cm³/mol. The van der Waals surface area contributed by atoms with E-state index < -0.39 is 20.6 Å². The van der Waals surface area contributed by atoms with Gasteiger partial charge in [0.2, 0.25) is 0 Å². The van der Waals surface area contributed by atoms with Crippen molar-refractivity contribution in [2.24, 2.45) is 0 Å². The van der Waals surface area contributed by atoms with Crippen molar-refractivity contribution in [3.05, 3.63) is 41.3 Å². The molecule has 0 fully saturated rings. The molecule has 0 aliphatic carbocycles. The SMILES string of the molecule is CN(Cc1cc(Br)cs1)S(=O)(=O)c1cc([N+](=O)[O-])c(Cl)s1. The summed E-state index contributed by atoms with van der Waals surface area (Å²) < 4.78 is 26.5. The fourth-order valence-corrected chi connectivity index (χ4v) is 6.10. The Morgan fingerprint density at radius 1 is 1.48 bits per heavy atom. The van der Waals surface area contributed by atoms with Crippen LogP contribution in [-0.2, 0) is 16.6 Å². The van der Waals surface area contributed by atoms with E-state index in [0.717, 1.165) is 19.7 Å². The number of nitrogens with zero attached hydrogens (tertiary/aromatic N) is 2. The minimum Gasteiger partial charge on any atom is -0.258 e. The van der Waals surface area contributed by atoms with Gasteiger partial charge in [-0.2, -0.15) is 4.31 Å². The van der Waals surface area contributed by atoms with Gasteiger partial charge in [0.15, 0.2) is 4.34 Å². The molecule has 0 radical (unpaired) electrons. The van der Waals surface area contributed by atoms with Crippen LogP contribution in [0.5, 0.6) is 0 Å². The van der Waals surface area contributed by atoms with Crippen molar-refractivity contribution in [3.63, 3.8) is 0 Å². The molecule has 0 N–H and O–H groups in total. The van der Waals surface area contributed by atoms with E-state index >= 15 is 0 Å². The number of rotatable bonds is 5. The van der Waals surface area contributed by atoms with Gasteiger partial charge in [0.25, 0.3) is 15.7 Å². The van der Waals surface area contributed by atoms with Gasteiger partial charge in [-0.25, -0.2) is 8.42 Å². The van der Waals surface area contributed by atoms with Crippen LogP contribution in [0.15, 0.2) is 26.2 Å². The van der Waals surface area contributed by atoms with Gasteiger partial charge >= 0.3 is 0 Å². The van der Waals surface area contributed by atoms with Crippen LogP contribution in [-0.4, -0.2) is 24.7 Å². The Morgan fingerprint density at radius 2 is 2.14 bits per heavy atom. The van der Waals surface area contributed by atoms with Gasteiger partial charge in [-0.1, -0.05) is 11.6 Å². The quantitative estimate of drug-likeness (QED) is 0.530. The van der Waals surface area contributed by atoms with Crippen LogP contribution in [0, 0.1) is 10.1 Å². The van der Waals surface area contributed by atoms with Crippen molar-refractivity contribution >= 4 is 65.9 Å². The van der Waals surface area contributed by atoms with Crippen LogP contribution >= 0.6 is 50.2 Å². The van der Waals surface area contributed by atoms with Crippen LogP contribution in [0.25, 0.3) is 0 Å². The maximum atomic E-state index is 12.4. The number of hydrogen-bond donors (Lipinski definition) is 0. The third-order valence-corrected chi connectivity index (χ3v) is 7.78. The number of nitro groups is 1. The van der Waals surface area contributed by atoms with Gasteiger partial charge in [-0.3, -0.25) is 10.1 Å². The summed E-state index contributed by atoms with van der Waals surface area (Å²) in [6.07, 6.45) is 0. The highest BCUT2D eigenvalue weighted by molar-refractivity contribution is 9.10. The first-order chi connectivity index (χ1) is 9.71. The fourth-order valence-electron chi connectivity index (χ4n) is 1.48. The second-order valence-corrected chi connectivity index (χ2v) is 9.81. The second-order valence-electron chi connectivity index (χ2n) is 3.97. The molecule has 0 aliphatic heterocycles. The molecule has 0 aromatic carbocycles. The molecule has 0 atom stereocenters. The second kappa shape index (κ2) is 6.31. The van der Waals surface area contributed by atoms with Crippen LogP contribution in [0.4, 0.5) is 5.69 Å². The van der Waals surface area contributed by atoms with Gasteiger partial charge in [0.05, 0.1) is 4.92 Å². The standard InChI is InChI=1S/C10H8BrClN2O4S3/c1-13(4-7-2-6(11)5-19-7)21(17,18)9-3-8(14(15)16)10(12)20-9/h2-3,5H,4H2,1H3. The number of halogens is 2. The lowest BCUT2D eigenvalue weighted by atomic mass is 10.5. The molecular weight excluding hydrogens is 424 g/mol. The molecule has 2 aromatic heterocycles. The monoisotopic (exact) mass is 430 g/mol. The number of hydrogen-bond acceptors (Lipinski definition) is 6. The summed E-state index contributed by atoms with van der Waals surface area (Å²) >= 11 is 11.1. The van der Waals surface area contributed by atoms with Crippen molar-refractivity contribution in [1.29, 1.82) is 0 Å². The first kappa shape index (κ1) is 16.8. The van der Waals surface area contributed by atoms with Crippen molar-refractivity contribution in [1.82, 2.24) is 4.31 Å². The highest BCUT2D eigenvalue weighted by atomic mass is 79.9. The fraction of sp³-hybridized carbons (Fsp3) is 0.200. The van der Waals surface area contributed by atoms with Gasteiger partial charge in [-0.05, 0) is 22.0 Å². The summed E-state index contributed by atoms with van der Waals surface area (Å²) in [5.74, 6) is 0. The summed E-state index contributed by atoms with van der Waals surface area (Å²) in [5, 5.41) is 12.6. The van der Waals surface area contributed by atoms with Crippen LogP contribution in [0.1, 0.15) is 4.88 Å². The Hall–Kier alpha value is -0.520. The number of thiophene rings is 2. The van der Waals surface area contributed by atoms with E-state index in [4.69, 9.17) is 11.6 Å². The number of sulfonamides is 1. The molecule has 6 nitrogen and oxygen atoms in total. The van der Waals surface area contributed by atoms with Crippen molar-refractivity contribution in [2.75, 3.05) is 7.05 Å². The Balaban J connectivity index is 2.28. The Labute approximate surface area is 142 Å². The molecule has 2 heterocycles. The van der Waals surface area contributed by atoms with E-state index in [1.807, 2.05) is 11.4 Å². The summed E-state index contributed by atoms with van der Waals surface area (Å²) in [6.45, 7) is 0.182. The lowest BCUT2D eigenvalue weighted by Crippen LogP contribution is -2.25. The molecule has 0 saturated heterocycles. The molecule has 0 saturated carbocycles. The molecule has 2 aromatic rings. The van der Waals surface area contributed by atoms with E-state index in [-0.39, 0.29) is 15.1 Å². The summed E-state index contributed by atoms with van der Waals surface area (Å²) in [6, 6.07) is 2.81. The molecule has 21 heavy (non-hydrogen) atoms. The minimum atomic E-state index is -3.81. The summed E-state index contributed by atoms with van der Waals surface area (Å²) in [5.41, 5.74) is -0.396. The van der Waals surface area contributed by atoms with E-state index in [9.17, 15) is 18.5 Å². The third-order valence-electron chi connectivity index (χ3n) is 2.51. The van der Waals surface area contributed by atoms with Crippen molar-refractivity contribution in [2.45, 2.75) is 10.8 Å². The Morgan fingerprint density at radius 3 is 2.62 bits per heavy atom. The van der Waals surface area contributed by atoms with E-state index in [1.165, 1.54) is 18.4 Å². The zero-order chi connectivity index (χ0) is 15.8. The van der Waals surface area contributed by atoms with E-state index in [1.54, 1.807) is 0 Å². The van der Waals surface area contributed by atoms with Crippen molar-refractivity contribution < 1.29 is 13.3 Å². The zero-order valence-electron chi connectivity index (χ0n) is 10.4. The average molecular weight is 432 g/mol. The van der Waals surface area contributed by atoms with Crippen LogP contribution in [0.3, 0.4) is 0 Å². The molecule has 0 spiro atoms. The molecule has 11 heteroatoms. The average Bonchev–Trinajstić information content (AvgIpc) is 2.95. The van der Waals surface area contributed by atoms with Gasteiger partial charge < -0.3 is 0 Å². The molecule has 0 unspecified atom stereocenters. The predicted octanol–water partition coefficient (Wildman–Crippen LogP) is 3.95. The molecule has 0 aliphatic rings. The van der Waals surface area contributed by atoms with Crippen LogP contribution < -0.4 is 0 Å². The normalized spacial score (nSPS) is 12.0. The van der Waals surface area contributed by atoms with Gasteiger partial charge in [0, 0.05) is 34.4 Å². The van der Waals surface area contributed by atoms with E-state index in [2.05, 4.69) is 15.9 Å². The highest BCUT2D eigenvalue weighted by Crippen LogP contribution is 2.37. The molecule has 0 bridgehead atoms. The largest absolute Gasteiger partial charge is 0.300 e. The topological polar surface area (TPSA) is 80.5 Å². The molecular formula is C10H8BrClN2O4S3. The zero-order valence-corrected chi connectivity index (χ0v) is 15.2. The van der Waals surface area contributed by atoms with Crippen molar-refractivity contribution in [3.8, 4) is 0 Å². The minimum absolute atomic E-state index is 0.141. The first-order valence-electron chi connectivity index (χ1n) is 5.35. The van der Waals surface area contributed by atoms with Gasteiger partial charge in [-0.15, -0.1) is 22.7 Å². The Kier molecular flexibility index (Phi) is 5.06.